The number of allylic oxidation sites excluding steroid dienone is 5. The second-order valence-corrected chi connectivity index (χ2v) is 3.58. The number of rotatable bonds is 2. The predicted octanol–water partition coefficient (Wildman–Crippen LogP) is 2.48. The SMILES string of the molecule is C=C1C=C(Br)C=CC1CC(=O)O. The Morgan fingerprint density at radius 3 is 2.92 bits per heavy atom. The van der Waals surface area contributed by atoms with Gasteiger partial charge in [0.25, 0.3) is 0 Å². The lowest BCUT2D eigenvalue weighted by molar-refractivity contribution is -0.137. The van der Waals surface area contributed by atoms with Gasteiger partial charge in [-0.05, 0) is 11.6 Å². The summed E-state index contributed by atoms with van der Waals surface area (Å²) in [7, 11) is 0. The highest BCUT2D eigenvalue weighted by Gasteiger charge is 2.14. The Kier molecular flexibility index (Phi) is 2.87. The van der Waals surface area contributed by atoms with Crippen LogP contribution in [0.2, 0.25) is 0 Å². The lowest BCUT2D eigenvalue weighted by Crippen LogP contribution is -2.08. The first-order valence-corrected chi connectivity index (χ1v) is 4.35. The summed E-state index contributed by atoms with van der Waals surface area (Å²) >= 11 is 3.29. The van der Waals surface area contributed by atoms with Gasteiger partial charge in [-0.1, -0.05) is 34.7 Å². The van der Waals surface area contributed by atoms with E-state index in [-0.39, 0.29) is 12.3 Å². The fourth-order valence-corrected chi connectivity index (χ4v) is 1.50. The van der Waals surface area contributed by atoms with E-state index in [1.807, 2.05) is 18.2 Å². The van der Waals surface area contributed by atoms with Gasteiger partial charge in [0.15, 0.2) is 0 Å². The van der Waals surface area contributed by atoms with Crippen molar-refractivity contribution in [1.82, 2.24) is 0 Å². The quantitative estimate of drug-likeness (QED) is 0.789. The molecule has 1 atom stereocenters. The molecule has 0 aromatic rings. The number of carbonyl (C=O) groups is 1. The Bertz CT molecular complexity index is 276. The molecule has 3 heteroatoms. The summed E-state index contributed by atoms with van der Waals surface area (Å²) in [6, 6.07) is 0. The molecule has 64 valence electrons. The fraction of sp³-hybridized carbons (Fsp3) is 0.222. The third-order valence-corrected chi connectivity index (χ3v) is 2.18. The van der Waals surface area contributed by atoms with Crippen molar-refractivity contribution in [3.05, 3.63) is 34.9 Å². The molecule has 12 heavy (non-hydrogen) atoms. The molecule has 0 aliphatic heterocycles. The molecule has 1 aliphatic rings. The third-order valence-electron chi connectivity index (χ3n) is 1.68. The van der Waals surface area contributed by atoms with Crippen LogP contribution < -0.4 is 0 Å². The van der Waals surface area contributed by atoms with Crippen molar-refractivity contribution in [2.24, 2.45) is 5.92 Å². The Morgan fingerprint density at radius 2 is 2.42 bits per heavy atom. The highest BCUT2D eigenvalue weighted by atomic mass is 79.9. The summed E-state index contributed by atoms with van der Waals surface area (Å²) in [5, 5.41) is 8.54. The van der Waals surface area contributed by atoms with Gasteiger partial charge in [0.05, 0.1) is 6.42 Å². The van der Waals surface area contributed by atoms with Gasteiger partial charge in [0, 0.05) is 10.4 Å². The predicted molar refractivity (Wildman–Crippen MR) is 51.0 cm³/mol. The number of halogens is 1. The molecule has 0 spiro atoms. The van der Waals surface area contributed by atoms with E-state index in [0.717, 1.165) is 10.1 Å². The molecule has 1 rings (SSSR count). The molecular formula is C9H9BrO2. The third kappa shape index (κ3) is 2.34. The van der Waals surface area contributed by atoms with E-state index in [0.29, 0.717) is 0 Å². The number of carboxylic acid groups (broad SMARTS) is 1. The first kappa shape index (κ1) is 9.26. The molecule has 0 aromatic carbocycles. The van der Waals surface area contributed by atoms with E-state index in [4.69, 9.17) is 5.11 Å². The van der Waals surface area contributed by atoms with Crippen LogP contribution in [-0.2, 0) is 4.79 Å². The van der Waals surface area contributed by atoms with Crippen LogP contribution in [0.5, 0.6) is 0 Å². The normalized spacial score (nSPS) is 22.2. The minimum Gasteiger partial charge on any atom is -0.481 e. The maximum absolute atomic E-state index is 10.4. The lowest BCUT2D eigenvalue weighted by Gasteiger charge is -2.14. The highest BCUT2D eigenvalue weighted by Crippen LogP contribution is 2.25. The van der Waals surface area contributed by atoms with Gasteiger partial charge in [0.1, 0.15) is 0 Å². The summed E-state index contributed by atoms with van der Waals surface area (Å²) in [5.74, 6) is -0.846. The van der Waals surface area contributed by atoms with Gasteiger partial charge in [-0.15, -0.1) is 0 Å². The average molecular weight is 229 g/mol. The standard InChI is InChI=1S/C9H9BrO2/c1-6-4-8(10)3-2-7(6)5-9(11)12/h2-4,7H,1,5H2,(H,11,12). The maximum atomic E-state index is 10.4. The van der Waals surface area contributed by atoms with Crippen LogP contribution in [0.25, 0.3) is 0 Å². The fourth-order valence-electron chi connectivity index (χ4n) is 1.05. The van der Waals surface area contributed by atoms with Crippen molar-refractivity contribution in [1.29, 1.82) is 0 Å². The zero-order valence-electron chi connectivity index (χ0n) is 6.46. The monoisotopic (exact) mass is 228 g/mol. The van der Waals surface area contributed by atoms with E-state index in [9.17, 15) is 4.79 Å². The second-order valence-electron chi connectivity index (χ2n) is 2.67. The molecule has 2 nitrogen and oxygen atoms in total. The molecule has 0 bridgehead atoms. The summed E-state index contributed by atoms with van der Waals surface area (Å²) in [5.41, 5.74) is 0.840. The molecule has 0 amide bonds. The van der Waals surface area contributed by atoms with Crippen molar-refractivity contribution >= 4 is 21.9 Å². The van der Waals surface area contributed by atoms with Gasteiger partial charge in [0.2, 0.25) is 0 Å². The van der Waals surface area contributed by atoms with Crippen molar-refractivity contribution in [3.8, 4) is 0 Å². The zero-order chi connectivity index (χ0) is 9.14. The molecule has 0 saturated carbocycles. The van der Waals surface area contributed by atoms with Crippen LogP contribution in [0.1, 0.15) is 6.42 Å². The van der Waals surface area contributed by atoms with Gasteiger partial charge in [-0.2, -0.15) is 0 Å². The molecule has 1 unspecified atom stereocenters. The van der Waals surface area contributed by atoms with Gasteiger partial charge >= 0.3 is 5.97 Å². The molecule has 1 aliphatic carbocycles. The topological polar surface area (TPSA) is 37.3 Å². The molecule has 0 radical (unpaired) electrons. The van der Waals surface area contributed by atoms with E-state index in [1.54, 1.807) is 0 Å². The van der Waals surface area contributed by atoms with E-state index < -0.39 is 5.97 Å². The van der Waals surface area contributed by atoms with Crippen molar-refractivity contribution in [2.45, 2.75) is 6.42 Å². The van der Waals surface area contributed by atoms with Crippen LogP contribution in [0.15, 0.2) is 34.9 Å². The molecule has 1 N–H and O–H groups in total. The first-order chi connectivity index (χ1) is 5.59. The zero-order valence-corrected chi connectivity index (χ0v) is 8.04. The number of hydrogen-bond donors (Lipinski definition) is 1. The molecule has 0 heterocycles. The van der Waals surface area contributed by atoms with Gasteiger partial charge in [-0.3, -0.25) is 4.79 Å². The average Bonchev–Trinajstić information content (AvgIpc) is 1.94. The van der Waals surface area contributed by atoms with Gasteiger partial charge in [-0.25, -0.2) is 0 Å². The van der Waals surface area contributed by atoms with E-state index >= 15 is 0 Å². The second kappa shape index (κ2) is 3.72. The van der Waals surface area contributed by atoms with Crippen molar-refractivity contribution in [2.75, 3.05) is 0 Å². The molecule has 0 fully saturated rings. The summed E-state index contributed by atoms with van der Waals surface area (Å²) < 4.78 is 0.939. The Balaban J connectivity index is 2.66. The highest BCUT2D eigenvalue weighted by molar-refractivity contribution is 9.11. The number of carboxylic acids is 1. The van der Waals surface area contributed by atoms with Crippen LogP contribution in [0, 0.1) is 5.92 Å². The summed E-state index contributed by atoms with van der Waals surface area (Å²) in [6.45, 7) is 3.78. The minimum absolute atomic E-state index is 0.0520. The lowest BCUT2D eigenvalue weighted by atomic mass is 9.93. The molecular weight excluding hydrogens is 220 g/mol. The van der Waals surface area contributed by atoms with Gasteiger partial charge < -0.3 is 5.11 Å². The smallest absolute Gasteiger partial charge is 0.304 e. The summed E-state index contributed by atoms with van der Waals surface area (Å²) in [6.07, 6.45) is 5.66. The van der Waals surface area contributed by atoms with Crippen molar-refractivity contribution < 1.29 is 9.90 Å². The largest absolute Gasteiger partial charge is 0.481 e. The van der Waals surface area contributed by atoms with Crippen LogP contribution in [0.3, 0.4) is 0 Å². The molecule has 0 saturated heterocycles. The van der Waals surface area contributed by atoms with Crippen LogP contribution >= 0.6 is 15.9 Å². The number of hydrogen-bond acceptors (Lipinski definition) is 1. The van der Waals surface area contributed by atoms with E-state index in [2.05, 4.69) is 22.5 Å². The maximum Gasteiger partial charge on any atom is 0.304 e. The van der Waals surface area contributed by atoms with Crippen LogP contribution in [0.4, 0.5) is 0 Å². The minimum atomic E-state index is -0.794. The first-order valence-electron chi connectivity index (χ1n) is 3.55. The summed E-state index contributed by atoms with van der Waals surface area (Å²) in [4.78, 5) is 10.4. The van der Waals surface area contributed by atoms with Crippen LogP contribution in [-0.4, -0.2) is 11.1 Å². The van der Waals surface area contributed by atoms with E-state index in [1.165, 1.54) is 0 Å². The number of aliphatic carboxylic acids is 1. The van der Waals surface area contributed by atoms with Crippen molar-refractivity contribution in [3.63, 3.8) is 0 Å². The Morgan fingerprint density at radius 1 is 1.75 bits per heavy atom. The Labute approximate surface area is 79.4 Å². The molecule has 0 aromatic heterocycles. The Hall–Kier alpha value is -0.830.